The third kappa shape index (κ3) is 4.05. The summed E-state index contributed by atoms with van der Waals surface area (Å²) in [6.45, 7) is 4.20. The minimum Gasteiger partial charge on any atom is -0.333 e. The van der Waals surface area contributed by atoms with Gasteiger partial charge < -0.3 is 4.90 Å². The Morgan fingerprint density at radius 3 is 2.61 bits per heavy atom. The predicted octanol–water partition coefficient (Wildman–Crippen LogP) is 3.51. The lowest BCUT2D eigenvalue weighted by Gasteiger charge is -2.39. The van der Waals surface area contributed by atoms with E-state index < -0.39 is 0 Å². The van der Waals surface area contributed by atoms with Crippen LogP contribution in [0.5, 0.6) is 0 Å². The second-order valence-corrected chi connectivity index (χ2v) is 6.51. The molecule has 0 spiro atoms. The summed E-state index contributed by atoms with van der Waals surface area (Å²) in [5.41, 5.74) is 1.17. The number of amidine groups is 1. The van der Waals surface area contributed by atoms with Crippen LogP contribution in [0.1, 0.15) is 43.5 Å². The summed E-state index contributed by atoms with van der Waals surface area (Å²) in [6, 6.07) is 7.79. The summed E-state index contributed by atoms with van der Waals surface area (Å²) >= 11 is 1.34. The number of thioether (sulfide) groups is 1. The van der Waals surface area contributed by atoms with Gasteiger partial charge in [0.2, 0.25) is 0 Å². The quantitative estimate of drug-likeness (QED) is 0.390. The molecule has 23 heavy (non-hydrogen) atoms. The Hall–Kier alpha value is -2.00. The molecule has 6 heteroatoms. The molecule has 2 unspecified atom stereocenters. The van der Waals surface area contributed by atoms with E-state index in [0.717, 1.165) is 19.3 Å². The average Bonchev–Trinajstić information content (AvgIpc) is 2.54. The molecule has 1 saturated heterocycles. The normalized spacial score (nSPS) is 21.7. The molecule has 1 amide bonds. The maximum absolute atomic E-state index is 13.0. The molecule has 1 N–H and O–H groups in total. The van der Waals surface area contributed by atoms with E-state index in [2.05, 4.69) is 24.2 Å². The van der Waals surface area contributed by atoms with Crippen LogP contribution in [0.3, 0.4) is 0 Å². The predicted molar refractivity (Wildman–Crippen MR) is 94.7 cm³/mol. The van der Waals surface area contributed by atoms with Gasteiger partial charge >= 0.3 is 0 Å². The number of hydrogen-bond donors (Lipinski definition) is 1. The number of nitriles is 1. The molecule has 1 aliphatic rings. The van der Waals surface area contributed by atoms with E-state index in [1.807, 2.05) is 35.5 Å². The Balaban J connectivity index is 2.36. The van der Waals surface area contributed by atoms with Crippen molar-refractivity contribution in [2.24, 2.45) is 4.99 Å². The highest BCUT2D eigenvalue weighted by Crippen LogP contribution is 2.28. The molecule has 1 aliphatic heterocycles. The number of nitrogens with zero attached hydrogens (tertiary/aromatic N) is 3. The number of para-hydroxylation sites is 1. The van der Waals surface area contributed by atoms with Crippen LogP contribution in [0.25, 0.3) is 0 Å². The highest BCUT2D eigenvalue weighted by molar-refractivity contribution is 8.13. The van der Waals surface area contributed by atoms with Gasteiger partial charge in [-0.15, -0.1) is 0 Å². The summed E-state index contributed by atoms with van der Waals surface area (Å²) in [6.07, 6.45) is 6.94. The molecular formula is C17H22N4OS. The van der Waals surface area contributed by atoms with E-state index >= 15 is 0 Å². The molecule has 1 heterocycles. The average molecular weight is 330 g/mol. The zero-order valence-electron chi connectivity index (χ0n) is 13.7. The second-order valence-electron chi connectivity index (χ2n) is 5.72. The largest absolute Gasteiger partial charge is 0.333 e. The first-order chi connectivity index (χ1) is 11.1. The smallest absolute Gasteiger partial charge is 0.256 e. The van der Waals surface area contributed by atoms with Crippen LogP contribution in [0.4, 0.5) is 5.69 Å². The van der Waals surface area contributed by atoms with Crippen molar-refractivity contribution in [2.75, 3.05) is 6.26 Å². The number of likely N-dealkylation sites (tertiary alicyclic amines) is 1. The molecule has 0 saturated carbocycles. The van der Waals surface area contributed by atoms with Crippen LogP contribution >= 0.6 is 11.8 Å². The lowest BCUT2D eigenvalue weighted by Crippen LogP contribution is -2.47. The minimum atomic E-state index is 0.0152. The Morgan fingerprint density at radius 1 is 1.35 bits per heavy atom. The zero-order chi connectivity index (χ0) is 16.8. The van der Waals surface area contributed by atoms with E-state index in [4.69, 9.17) is 5.26 Å². The summed E-state index contributed by atoms with van der Waals surface area (Å²) in [4.78, 5) is 19.4. The van der Waals surface area contributed by atoms with E-state index in [-0.39, 0.29) is 18.0 Å². The molecule has 122 valence electrons. The van der Waals surface area contributed by atoms with Crippen molar-refractivity contribution in [1.82, 2.24) is 10.2 Å². The van der Waals surface area contributed by atoms with Gasteiger partial charge in [0.15, 0.2) is 11.4 Å². The van der Waals surface area contributed by atoms with E-state index in [1.165, 1.54) is 11.8 Å². The van der Waals surface area contributed by atoms with E-state index in [1.54, 1.807) is 6.07 Å². The second kappa shape index (κ2) is 8.02. The van der Waals surface area contributed by atoms with Gasteiger partial charge in [0.25, 0.3) is 5.91 Å². The van der Waals surface area contributed by atoms with Crippen LogP contribution in [0.15, 0.2) is 29.3 Å². The fraction of sp³-hybridized carbons (Fsp3) is 0.471. The first-order valence-corrected chi connectivity index (χ1v) is 9.00. The molecule has 5 nitrogen and oxygen atoms in total. The molecule has 1 aromatic rings. The van der Waals surface area contributed by atoms with Gasteiger partial charge in [-0.2, -0.15) is 5.26 Å². The maximum atomic E-state index is 13.0. The van der Waals surface area contributed by atoms with E-state index in [0.29, 0.717) is 16.4 Å². The molecule has 2 atom stereocenters. The lowest BCUT2D eigenvalue weighted by atomic mass is 9.96. The number of hydrogen-bond acceptors (Lipinski definition) is 4. The van der Waals surface area contributed by atoms with Crippen molar-refractivity contribution in [3.63, 3.8) is 0 Å². The first kappa shape index (κ1) is 17.4. The monoisotopic (exact) mass is 330 g/mol. The molecule has 0 bridgehead atoms. The van der Waals surface area contributed by atoms with Crippen molar-refractivity contribution in [2.45, 2.75) is 45.2 Å². The van der Waals surface area contributed by atoms with Crippen molar-refractivity contribution in [1.29, 1.82) is 5.26 Å². The number of rotatable bonds is 2. The number of carbonyl (C=O) groups excluding carboxylic acids is 1. The number of aliphatic imine (C=N–C) groups is 1. The molecule has 0 aromatic heterocycles. The van der Waals surface area contributed by atoms with Crippen LogP contribution in [-0.4, -0.2) is 34.3 Å². The molecule has 1 aromatic carbocycles. The van der Waals surface area contributed by atoms with Crippen LogP contribution in [0, 0.1) is 11.5 Å². The molecule has 0 radical (unpaired) electrons. The topological polar surface area (TPSA) is 68.5 Å². The van der Waals surface area contributed by atoms with Crippen LogP contribution < -0.4 is 5.32 Å². The summed E-state index contributed by atoms with van der Waals surface area (Å²) in [5.74, 6) is 0.0152. The summed E-state index contributed by atoms with van der Waals surface area (Å²) < 4.78 is 0. The molecule has 2 rings (SSSR count). The van der Waals surface area contributed by atoms with E-state index in [9.17, 15) is 4.79 Å². The first-order valence-electron chi connectivity index (χ1n) is 7.78. The molecule has 0 aliphatic carbocycles. The number of nitrogens with one attached hydrogen (secondary N) is 1. The van der Waals surface area contributed by atoms with Gasteiger partial charge in [-0.25, -0.2) is 4.99 Å². The van der Waals surface area contributed by atoms with Gasteiger partial charge in [-0.1, -0.05) is 23.9 Å². The Kier molecular flexibility index (Phi) is 6.05. The van der Waals surface area contributed by atoms with Crippen LogP contribution in [0.2, 0.25) is 0 Å². The minimum absolute atomic E-state index is 0.0152. The van der Waals surface area contributed by atoms with Crippen molar-refractivity contribution in [3.05, 3.63) is 29.8 Å². The number of amides is 1. The molecule has 1 fully saturated rings. The standard InChI is InChI=1S/C17H22N4OS/c1-12-7-6-8-13(2)21(12)16(22)14-9-4-5-10-15(14)20-17(23-3)19-11-18/h4-5,9-10,12-13H,6-8H2,1-3H3,(H,19,20). The molecular weight excluding hydrogens is 308 g/mol. The number of carbonyl (C=O) groups is 1. The van der Waals surface area contributed by atoms with Gasteiger partial charge in [0.1, 0.15) is 0 Å². The number of piperidine rings is 1. The fourth-order valence-electron chi connectivity index (χ4n) is 2.99. The fourth-order valence-corrected chi connectivity index (χ4v) is 3.33. The zero-order valence-corrected chi connectivity index (χ0v) is 14.6. The third-order valence-corrected chi connectivity index (χ3v) is 4.72. The third-order valence-electron chi connectivity index (χ3n) is 4.14. The van der Waals surface area contributed by atoms with Crippen molar-refractivity contribution in [3.8, 4) is 6.19 Å². The Labute approximate surface area is 141 Å². The highest BCUT2D eigenvalue weighted by atomic mass is 32.2. The Bertz CT molecular complexity index is 628. The summed E-state index contributed by atoms with van der Waals surface area (Å²) in [7, 11) is 0. The van der Waals surface area contributed by atoms with Gasteiger partial charge in [-0.3, -0.25) is 10.1 Å². The highest BCUT2D eigenvalue weighted by Gasteiger charge is 2.30. The van der Waals surface area contributed by atoms with Gasteiger partial charge in [-0.05, 0) is 51.5 Å². The van der Waals surface area contributed by atoms with Crippen LogP contribution in [-0.2, 0) is 0 Å². The van der Waals surface area contributed by atoms with Gasteiger partial charge in [0, 0.05) is 12.1 Å². The Morgan fingerprint density at radius 2 is 2.00 bits per heavy atom. The summed E-state index contributed by atoms with van der Waals surface area (Å²) in [5, 5.41) is 11.8. The maximum Gasteiger partial charge on any atom is 0.256 e. The SMILES string of the molecule is CSC(=Nc1ccccc1C(=O)N1C(C)CCCC1C)NC#N. The number of benzene rings is 1. The van der Waals surface area contributed by atoms with Gasteiger partial charge in [0.05, 0.1) is 11.3 Å². The lowest BCUT2D eigenvalue weighted by molar-refractivity contribution is 0.0511. The van der Waals surface area contributed by atoms with Crippen molar-refractivity contribution >= 4 is 28.5 Å². The van der Waals surface area contributed by atoms with Crippen molar-refractivity contribution < 1.29 is 4.79 Å².